The van der Waals surface area contributed by atoms with Crippen LogP contribution in [0.1, 0.15) is 31.1 Å². The van der Waals surface area contributed by atoms with Gasteiger partial charge in [-0.25, -0.2) is 9.59 Å². The van der Waals surface area contributed by atoms with Crippen molar-refractivity contribution in [1.29, 1.82) is 0 Å². The van der Waals surface area contributed by atoms with Crippen LogP contribution in [-0.2, 0) is 9.53 Å². The summed E-state index contributed by atoms with van der Waals surface area (Å²) >= 11 is 0. The van der Waals surface area contributed by atoms with E-state index in [-0.39, 0.29) is 12.1 Å². The molecule has 0 aliphatic carbocycles. The molecule has 9 nitrogen and oxygen atoms in total. The van der Waals surface area contributed by atoms with E-state index in [1.54, 1.807) is 20.8 Å². The normalized spacial score (nSPS) is 10.5. The van der Waals surface area contributed by atoms with E-state index in [4.69, 9.17) is 14.2 Å². The molecule has 0 fully saturated rings. The Morgan fingerprint density at radius 2 is 1.58 bits per heavy atom. The predicted molar refractivity (Wildman–Crippen MR) is 95.8 cm³/mol. The van der Waals surface area contributed by atoms with Crippen LogP contribution in [0.5, 0.6) is 11.5 Å². The Morgan fingerprint density at radius 3 is 2.08 bits per heavy atom. The van der Waals surface area contributed by atoms with E-state index >= 15 is 0 Å². The maximum Gasteiger partial charge on any atom is 0.340 e. The molecule has 3 N–H and O–H groups in total. The molecule has 0 spiro atoms. The van der Waals surface area contributed by atoms with E-state index in [1.165, 1.54) is 33.5 Å². The highest BCUT2D eigenvalue weighted by atomic mass is 16.5. The fraction of sp³-hybridized carbons (Fsp3) is 0.471. The van der Waals surface area contributed by atoms with Crippen molar-refractivity contribution in [2.75, 3.05) is 33.2 Å². The molecule has 0 aromatic heterocycles. The third-order valence-corrected chi connectivity index (χ3v) is 3.11. The summed E-state index contributed by atoms with van der Waals surface area (Å²) in [5.74, 6) is -0.474. The van der Waals surface area contributed by atoms with Gasteiger partial charge in [0.05, 0.1) is 39.1 Å². The average molecular weight is 367 g/mol. The number of imide groups is 1. The summed E-state index contributed by atoms with van der Waals surface area (Å²) in [6.07, 6.45) is 0. The number of nitrogens with one attached hydrogen (secondary N) is 3. The summed E-state index contributed by atoms with van der Waals surface area (Å²) in [4.78, 5) is 35.6. The van der Waals surface area contributed by atoms with Crippen molar-refractivity contribution in [2.45, 2.75) is 26.3 Å². The molecule has 1 rings (SSSR count). The fourth-order valence-corrected chi connectivity index (χ4v) is 2.02. The summed E-state index contributed by atoms with van der Waals surface area (Å²) in [5.41, 5.74) is -0.00268. The molecule has 0 radical (unpaired) electrons. The number of esters is 1. The lowest BCUT2D eigenvalue weighted by molar-refractivity contribution is -0.118. The first-order chi connectivity index (χ1) is 12.1. The van der Waals surface area contributed by atoms with Crippen LogP contribution in [0.15, 0.2) is 12.1 Å². The Hall–Kier alpha value is -2.97. The third-order valence-electron chi connectivity index (χ3n) is 3.11. The van der Waals surface area contributed by atoms with E-state index in [2.05, 4.69) is 16.0 Å². The van der Waals surface area contributed by atoms with Gasteiger partial charge >= 0.3 is 12.0 Å². The van der Waals surface area contributed by atoms with Gasteiger partial charge in [-0.15, -0.1) is 0 Å². The molecule has 0 atom stereocenters. The molecule has 1 aromatic rings. The molecule has 0 bridgehead atoms. The number of benzene rings is 1. The molecule has 0 saturated heterocycles. The quantitative estimate of drug-likeness (QED) is 0.653. The van der Waals surface area contributed by atoms with Crippen molar-refractivity contribution in [3.05, 3.63) is 17.7 Å². The number of amides is 3. The van der Waals surface area contributed by atoms with Gasteiger partial charge in [0.1, 0.15) is 0 Å². The van der Waals surface area contributed by atoms with Gasteiger partial charge in [0.15, 0.2) is 11.5 Å². The highest BCUT2D eigenvalue weighted by Crippen LogP contribution is 2.33. The summed E-state index contributed by atoms with van der Waals surface area (Å²) in [7, 11) is 4.13. The van der Waals surface area contributed by atoms with Crippen LogP contribution in [-0.4, -0.2) is 51.3 Å². The summed E-state index contributed by atoms with van der Waals surface area (Å²) in [6.45, 7) is 5.14. The van der Waals surface area contributed by atoms with E-state index in [1.807, 2.05) is 0 Å². The maximum atomic E-state index is 12.0. The maximum absolute atomic E-state index is 12.0. The van der Waals surface area contributed by atoms with Crippen molar-refractivity contribution in [3.8, 4) is 11.5 Å². The number of rotatable bonds is 6. The highest BCUT2D eigenvalue weighted by Gasteiger charge is 2.19. The largest absolute Gasteiger partial charge is 0.493 e. The van der Waals surface area contributed by atoms with E-state index in [0.29, 0.717) is 17.2 Å². The average Bonchev–Trinajstić information content (AvgIpc) is 2.56. The summed E-state index contributed by atoms with van der Waals surface area (Å²) < 4.78 is 15.1. The van der Waals surface area contributed by atoms with Crippen molar-refractivity contribution < 1.29 is 28.6 Å². The van der Waals surface area contributed by atoms with Gasteiger partial charge in [-0.2, -0.15) is 0 Å². The number of methoxy groups -OCH3 is 3. The number of anilines is 1. The lowest BCUT2D eigenvalue weighted by atomic mass is 10.1. The molecule has 1 aromatic carbocycles. The molecule has 9 heteroatoms. The smallest absolute Gasteiger partial charge is 0.340 e. The van der Waals surface area contributed by atoms with Crippen molar-refractivity contribution in [2.24, 2.45) is 0 Å². The number of carbonyl (C=O) groups excluding carboxylic acids is 3. The van der Waals surface area contributed by atoms with Gasteiger partial charge in [-0.1, -0.05) is 0 Å². The van der Waals surface area contributed by atoms with E-state index < -0.39 is 23.4 Å². The first-order valence-electron chi connectivity index (χ1n) is 7.81. The predicted octanol–water partition coefficient (Wildman–Crippen LogP) is 1.53. The fourth-order valence-electron chi connectivity index (χ4n) is 2.02. The summed E-state index contributed by atoms with van der Waals surface area (Å²) in [5, 5.41) is 7.60. The number of ether oxygens (including phenoxy) is 3. The van der Waals surface area contributed by atoms with Crippen molar-refractivity contribution in [3.63, 3.8) is 0 Å². The molecule has 0 aliphatic rings. The summed E-state index contributed by atoms with van der Waals surface area (Å²) in [6, 6.07) is 2.34. The number of hydrogen-bond donors (Lipinski definition) is 3. The van der Waals surface area contributed by atoms with E-state index in [0.717, 1.165) is 0 Å². The lowest BCUT2D eigenvalue weighted by Gasteiger charge is -2.20. The second kappa shape index (κ2) is 8.93. The van der Waals surface area contributed by atoms with Crippen LogP contribution in [0.2, 0.25) is 0 Å². The van der Waals surface area contributed by atoms with Crippen LogP contribution < -0.4 is 25.4 Å². The Kier molecular flexibility index (Phi) is 7.24. The topological polar surface area (TPSA) is 115 Å². The second-order valence-corrected chi connectivity index (χ2v) is 6.35. The first-order valence-corrected chi connectivity index (χ1v) is 7.81. The zero-order valence-electron chi connectivity index (χ0n) is 15.8. The molecular weight excluding hydrogens is 342 g/mol. The van der Waals surface area contributed by atoms with Gasteiger partial charge in [0, 0.05) is 17.7 Å². The van der Waals surface area contributed by atoms with Gasteiger partial charge in [-0.3, -0.25) is 10.1 Å². The standard InChI is InChI=1S/C17H25N3O6/c1-17(2,3)20-16(23)19-14(21)9-18-11-8-13(25-5)12(24-4)7-10(11)15(22)26-6/h7-8,18H,9H2,1-6H3,(H2,19,20,21,23). The van der Waals surface area contributed by atoms with Gasteiger partial charge in [-0.05, 0) is 20.8 Å². The molecule has 0 heterocycles. The Bertz CT molecular complexity index is 682. The van der Waals surface area contributed by atoms with Crippen LogP contribution in [0.4, 0.5) is 10.5 Å². The van der Waals surface area contributed by atoms with Gasteiger partial charge in [0.25, 0.3) is 0 Å². The number of hydrogen-bond acceptors (Lipinski definition) is 7. The van der Waals surface area contributed by atoms with Crippen LogP contribution in [0, 0.1) is 0 Å². The van der Waals surface area contributed by atoms with Gasteiger partial charge < -0.3 is 24.8 Å². The van der Waals surface area contributed by atoms with Gasteiger partial charge in [0.2, 0.25) is 5.91 Å². The first kappa shape index (κ1) is 21.1. The van der Waals surface area contributed by atoms with Crippen LogP contribution in [0.3, 0.4) is 0 Å². The van der Waals surface area contributed by atoms with Crippen LogP contribution >= 0.6 is 0 Å². The minimum absolute atomic E-state index is 0.164. The monoisotopic (exact) mass is 367 g/mol. The molecule has 144 valence electrons. The highest BCUT2D eigenvalue weighted by molar-refractivity contribution is 5.99. The lowest BCUT2D eigenvalue weighted by Crippen LogP contribution is -2.49. The Labute approximate surface area is 152 Å². The zero-order valence-corrected chi connectivity index (χ0v) is 15.8. The molecule has 0 unspecified atom stereocenters. The molecule has 0 saturated carbocycles. The zero-order chi connectivity index (χ0) is 19.9. The molecule has 0 aliphatic heterocycles. The van der Waals surface area contributed by atoms with Crippen molar-refractivity contribution >= 4 is 23.6 Å². The SMILES string of the molecule is COC(=O)c1cc(OC)c(OC)cc1NCC(=O)NC(=O)NC(C)(C)C. The molecule has 26 heavy (non-hydrogen) atoms. The molecular formula is C17H25N3O6. The molecule has 3 amide bonds. The van der Waals surface area contributed by atoms with E-state index in [9.17, 15) is 14.4 Å². The second-order valence-electron chi connectivity index (χ2n) is 6.35. The number of urea groups is 1. The van der Waals surface area contributed by atoms with Crippen molar-refractivity contribution in [1.82, 2.24) is 10.6 Å². The minimum atomic E-state index is -0.612. The Morgan fingerprint density at radius 1 is 1.00 bits per heavy atom. The van der Waals surface area contributed by atoms with Crippen LogP contribution in [0.25, 0.3) is 0 Å². The third kappa shape index (κ3) is 6.15. The minimum Gasteiger partial charge on any atom is -0.493 e. The number of carbonyl (C=O) groups is 3. The Balaban J connectivity index is 2.89.